The van der Waals surface area contributed by atoms with Gasteiger partial charge in [-0.25, -0.2) is 0 Å². The quantitative estimate of drug-likeness (QED) is 0.282. The van der Waals surface area contributed by atoms with Gasteiger partial charge in [0.2, 0.25) is 0 Å². The van der Waals surface area contributed by atoms with Gasteiger partial charge in [-0.2, -0.15) is 8.42 Å². The van der Waals surface area contributed by atoms with Crippen LogP contribution in [-0.4, -0.2) is 40.5 Å². The van der Waals surface area contributed by atoms with Gasteiger partial charge in [-0.3, -0.25) is 14.5 Å². The van der Waals surface area contributed by atoms with Gasteiger partial charge in [-0.05, 0) is 33.1 Å². The molecular weight excluding hydrogens is 234 g/mol. The van der Waals surface area contributed by atoms with Crippen molar-refractivity contribution in [2.45, 2.75) is 45.2 Å². The van der Waals surface area contributed by atoms with Crippen LogP contribution < -0.4 is 5.73 Å². The van der Waals surface area contributed by atoms with E-state index in [0.29, 0.717) is 12.1 Å². The lowest BCUT2D eigenvalue weighted by Gasteiger charge is -2.39. The average Bonchev–Trinajstić information content (AvgIpc) is 1.99. The monoisotopic (exact) mass is 253 g/mol. The number of guanidine groups is 1. The van der Waals surface area contributed by atoms with Crippen molar-refractivity contribution in [3.05, 3.63) is 0 Å². The summed E-state index contributed by atoms with van der Waals surface area (Å²) in [4.78, 5) is 2.00. The van der Waals surface area contributed by atoms with E-state index in [2.05, 4.69) is 13.8 Å². The van der Waals surface area contributed by atoms with E-state index in [-0.39, 0.29) is 5.96 Å². The van der Waals surface area contributed by atoms with E-state index in [0.717, 1.165) is 0 Å². The molecule has 0 radical (unpaired) electrons. The van der Waals surface area contributed by atoms with Crippen LogP contribution in [0.15, 0.2) is 0 Å². The Balaban J connectivity index is 0.000000385. The molecule has 5 N–H and O–H groups in total. The summed E-state index contributed by atoms with van der Waals surface area (Å²) in [6, 6.07) is 0.910. The first-order chi connectivity index (χ1) is 7.13. The summed E-state index contributed by atoms with van der Waals surface area (Å²) in [6.45, 7) is 4.27. The van der Waals surface area contributed by atoms with Crippen LogP contribution in [0.1, 0.15) is 33.1 Å². The molecule has 96 valence electrons. The normalized spacial score (nSPS) is 25.6. The third kappa shape index (κ3) is 6.59. The number of hydrogen-bond acceptors (Lipinski definition) is 3. The van der Waals surface area contributed by atoms with Crippen LogP contribution in [0.4, 0.5) is 0 Å². The van der Waals surface area contributed by atoms with Crippen LogP contribution in [-0.2, 0) is 10.4 Å². The molecule has 0 aromatic carbocycles. The lowest BCUT2D eigenvalue weighted by atomic mass is 9.98. The predicted molar refractivity (Wildman–Crippen MR) is 60.7 cm³/mol. The van der Waals surface area contributed by atoms with Crippen LogP contribution in [0.25, 0.3) is 0 Å². The van der Waals surface area contributed by atoms with Gasteiger partial charge in [0.25, 0.3) is 0 Å². The van der Waals surface area contributed by atoms with E-state index in [1.807, 2.05) is 4.90 Å². The Labute approximate surface area is 95.7 Å². The van der Waals surface area contributed by atoms with Crippen LogP contribution in [0.3, 0.4) is 0 Å². The molecule has 1 saturated heterocycles. The third-order valence-corrected chi connectivity index (χ3v) is 2.47. The van der Waals surface area contributed by atoms with Gasteiger partial charge in [0.1, 0.15) is 0 Å². The number of rotatable bonds is 0. The minimum absolute atomic E-state index is 0.227. The molecule has 0 aromatic rings. The van der Waals surface area contributed by atoms with E-state index in [4.69, 9.17) is 28.7 Å². The number of hydrogen-bond donors (Lipinski definition) is 4. The standard InChI is InChI=1S/C8H17N3.H2O4S/c1-6-4-3-5-7(2)11(6)8(9)10;1-5(2,3)4/h6-7H,3-5H2,1-2H3,(H3,9,10);(H2,1,2,3,4). The van der Waals surface area contributed by atoms with Gasteiger partial charge in [0.05, 0.1) is 0 Å². The molecule has 7 nitrogen and oxygen atoms in total. The van der Waals surface area contributed by atoms with E-state index in [1.54, 1.807) is 0 Å². The number of nitrogens with two attached hydrogens (primary N) is 1. The number of piperidine rings is 1. The van der Waals surface area contributed by atoms with Crippen LogP contribution in [0, 0.1) is 5.41 Å². The molecule has 0 amide bonds. The van der Waals surface area contributed by atoms with Gasteiger partial charge in [-0.15, -0.1) is 0 Å². The predicted octanol–water partition coefficient (Wildman–Crippen LogP) is 0.490. The lowest BCUT2D eigenvalue weighted by Crippen LogP contribution is -2.50. The second kappa shape index (κ2) is 6.02. The van der Waals surface area contributed by atoms with Gasteiger partial charge >= 0.3 is 10.4 Å². The van der Waals surface area contributed by atoms with Crippen molar-refractivity contribution in [1.82, 2.24) is 4.90 Å². The SMILES string of the molecule is CC1CCCC(C)N1C(=N)N.O=S(=O)(O)O. The second-order valence-electron chi connectivity index (χ2n) is 3.87. The van der Waals surface area contributed by atoms with E-state index in [1.165, 1.54) is 19.3 Å². The molecule has 1 rings (SSSR count). The Morgan fingerprint density at radius 2 is 1.62 bits per heavy atom. The summed E-state index contributed by atoms with van der Waals surface area (Å²) in [5.41, 5.74) is 5.46. The van der Waals surface area contributed by atoms with E-state index in [9.17, 15) is 0 Å². The van der Waals surface area contributed by atoms with Gasteiger partial charge in [0, 0.05) is 12.1 Å². The van der Waals surface area contributed by atoms with Gasteiger partial charge in [0.15, 0.2) is 5.96 Å². The van der Waals surface area contributed by atoms with Crippen molar-refractivity contribution >= 4 is 16.4 Å². The molecule has 0 bridgehead atoms. The fourth-order valence-corrected chi connectivity index (χ4v) is 1.90. The fourth-order valence-electron chi connectivity index (χ4n) is 1.90. The fraction of sp³-hybridized carbons (Fsp3) is 0.875. The molecule has 1 aliphatic heterocycles. The zero-order chi connectivity index (χ0) is 12.9. The van der Waals surface area contributed by atoms with Crippen molar-refractivity contribution in [1.29, 1.82) is 5.41 Å². The first-order valence-corrected chi connectivity index (χ1v) is 6.35. The molecule has 16 heavy (non-hydrogen) atoms. The second-order valence-corrected chi connectivity index (χ2v) is 4.76. The molecule has 1 aliphatic rings. The van der Waals surface area contributed by atoms with Crippen LogP contribution >= 0.6 is 0 Å². The Hall–Kier alpha value is -0.860. The summed E-state index contributed by atoms with van der Waals surface area (Å²) in [5.74, 6) is 0.227. The highest BCUT2D eigenvalue weighted by Crippen LogP contribution is 2.21. The Kier molecular flexibility index (Phi) is 5.70. The number of nitrogens with one attached hydrogen (secondary N) is 1. The van der Waals surface area contributed by atoms with Gasteiger partial charge in [-0.1, -0.05) is 0 Å². The van der Waals surface area contributed by atoms with E-state index < -0.39 is 10.4 Å². The first-order valence-electron chi connectivity index (χ1n) is 4.95. The molecule has 0 spiro atoms. The molecular formula is C8H19N3O4S. The third-order valence-electron chi connectivity index (χ3n) is 2.47. The molecule has 1 heterocycles. The van der Waals surface area contributed by atoms with Crippen molar-refractivity contribution < 1.29 is 17.5 Å². The summed E-state index contributed by atoms with van der Waals surface area (Å²) < 4.78 is 31.6. The van der Waals surface area contributed by atoms with Gasteiger partial charge < -0.3 is 10.6 Å². The average molecular weight is 253 g/mol. The number of likely N-dealkylation sites (tertiary alicyclic amines) is 1. The zero-order valence-electron chi connectivity index (χ0n) is 9.42. The molecule has 0 aromatic heterocycles. The topological polar surface area (TPSA) is 128 Å². The van der Waals surface area contributed by atoms with Crippen molar-refractivity contribution in [2.24, 2.45) is 5.73 Å². The molecule has 0 saturated carbocycles. The molecule has 0 aliphatic carbocycles. The Morgan fingerprint density at radius 3 is 1.81 bits per heavy atom. The Bertz CT molecular complexity index is 312. The maximum Gasteiger partial charge on any atom is 0.394 e. The number of nitrogens with zero attached hydrogens (tertiary/aromatic N) is 1. The highest BCUT2D eigenvalue weighted by Gasteiger charge is 2.24. The van der Waals surface area contributed by atoms with Crippen molar-refractivity contribution in [2.75, 3.05) is 0 Å². The highest BCUT2D eigenvalue weighted by molar-refractivity contribution is 7.79. The van der Waals surface area contributed by atoms with Crippen LogP contribution in [0.2, 0.25) is 0 Å². The highest BCUT2D eigenvalue weighted by atomic mass is 32.3. The first kappa shape index (κ1) is 15.1. The zero-order valence-corrected chi connectivity index (χ0v) is 10.2. The Morgan fingerprint density at radius 1 is 1.31 bits per heavy atom. The summed E-state index contributed by atoms with van der Waals surface area (Å²) in [6.07, 6.45) is 3.61. The molecule has 2 atom stereocenters. The van der Waals surface area contributed by atoms with Crippen molar-refractivity contribution in [3.8, 4) is 0 Å². The lowest BCUT2D eigenvalue weighted by molar-refractivity contribution is 0.188. The molecule has 8 heteroatoms. The van der Waals surface area contributed by atoms with Crippen molar-refractivity contribution in [3.63, 3.8) is 0 Å². The van der Waals surface area contributed by atoms with Crippen LogP contribution in [0.5, 0.6) is 0 Å². The minimum atomic E-state index is -4.67. The molecule has 2 unspecified atom stereocenters. The van der Waals surface area contributed by atoms with E-state index >= 15 is 0 Å². The summed E-state index contributed by atoms with van der Waals surface area (Å²) in [7, 11) is -4.67. The summed E-state index contributed by atoms with van der Waals surface area (Å²) in [5, 5.41) is 7.35. The maximum atomic E-state index is 8.74. The smallest absolute Gasteiger partial charge is 0.370 e. The summed E-state index contributed by atoms with van der Waals surface area (Å²) >= 11 is 0. The minimum Gasteiger partial charge on any atom is -0.370 e. The largest absolute Gasteiger partial charge is 0.394 e. The molecule has 1 fully saturated rings. The maximum absolute atomic E-state index is 8.74.